The number of hydrogen-bond donors (Lipinski definition) is 1. The van der Waals surface area contributed by atoms with Crippen molar-refractivity contribution >= 4 is 11.7 Å². The second-order valence-electron chi connectivity index (χ2n) is 6.04. The molecular formula is C20H27N3O2. The summed E-state index contributed by atoms with van der Waals surface area (Å²) in [5.74, 6) is 1.62. The molecule has 0 bridgehead atoms. The van der Waals surface area contributed by atoms with Gasteiger partial charge in [0.05, 0.1) is 12.7 Å². The molecule has 1 amide bonds. The lowest BCUT2D eigenvalue weighted by atomic mass is 10.1. The Labute approximate surface area is 150 Å². The highest BCUT2D eigenvalue weighted by Crippen LogP contribution is 2.13. The Balaban J connectivity index is 1.84. The SMILES string of the molecule is CCCCN(C)c1ccc(C(=O)NCCc2cccc(OC)c2)cn1. The quantitative estimate of drug-likeness (QED) is 0.760. The summed E-state index contributed by atoms with van der Waals surface area (Å²) in [6.07, 6.45) is 4.68. The van der Waals surface area contributed by atoms with Gasteiger partial charge in [0.2, 0.25) is 0 Å². The van der Waals surface area contributed by atoms with Gasteiger partial charge in [0, 0.05) is 26.3 Å². The number of rotatable bonds is 9. The number of nitrogens with one attached hydrogen (secondary N) is 1. The van der Waals surface area contributed by atoms with Crippen LogP contribution >= 0.6 is 0 Å². The zero-order chi connectivity index (χ0) is 18.1. The second-order valence-corrected chi connectivity index (χ2v) is 6.04. The number of carbonyl (C=O) groups excluding carboxylic acids is 1. The van der Waals surface area contributed by atoms with E-state index in [1.165, 1.54) is 0 Å². The molecule has 1 aromatic carbocycles. The zero-order valence-corrected chi connectivity index (χ0v) is 15.3. The minimum atomic E-state index is -0.0989. The van der Waals surface area contributed by atoms with E-state index >= 15 is 0 Å². The lowest BCUT2D eigenvalue weighted by molar-refractivity contribution is 0.0954. The number of hydrogen-bond acceptors (Lipinski definition) is 4. The fraction of sp³-hybridized carbons (Fsp3) is 0.400. The molecule has 0 spiro atoms. The number of amides is 1. The third kappa shape index (κ3) is 5.78. The van der Waals surface area contributed by atoms with E-state index < -0.39 is 0 Å². The molecule has 1 N–H and O–H groups in total. The molecule has 0 fully saturated rings. The number of carbonyl (C=O) groups is 1. The first-order chi connectivity index (χ1) is 12.1. The zero-order valence-electron chi connectivity index (χ0n) is 15.3. The van der Waals surface area contributed by atoms with Gasteiger partial charge in [0.15, 0.2) is 0 Å². The average molecular weight is 341 g/mol. The van der Waals surface area contributed by atoms with Crippen molar-refractivity contribution in [3.8, 4) is 5.75 Å². The van der Waals surface area contributed by atoms with Gasteiger partial charge in [-0.2, -0.15) is 0 Å². The molecule has 0 aliphatic rings. The summed E-state index contributed by atoms with van der Waals surface area (Å²) in [5.41, 5.74) is 1.71. The highest BCUT2D eigenvalue weighted by atomic mass is 16.5. The third-order valence-electron chi connectivity index (χ3n) is 4.08. The molecule has 0 radical (unpaired) electrons. The summed E-state index contributed by atoms with van der Waals surface area (Å²) in [7, 11) is 3.67. The van der Waals surface area contributed by atoms with Crippen molar-refractivity contribution in [3.05, 3.63) is 53.7 Å². The van der Waals surface area contributed by atoms with E-state index in [4.69, 9.17) is 4.74 Å². The van der Waals surface area contributed by atoms with Crippen LogP contribution in [0.4, 0.5) is 5.82 Å². The predicted molar refractivity (Wildman–Crippen MR) is 101 cm³/mol. The summed E-state index contributed by atoms with van der Waals surface area (Å²) in [6, 6.07) is 11.6. The third-order valence-corrected chi connectivity index (χ3v) is 4.08. The molecule has 2 rings (SSSR count). The van der Waals surface area contributed by atoms with Crippen molar-refractivity contribution < 1.29 is 9.53 Å². The van der Waals surface area contributed by atoms with Gasteiger partial charge < -0.3 is 15.0 Å². The first-order valence-electron chi connectivity index (χ1n) is 8.72. The topological polar surface area (TPSA) is 54.5 Å². The fourth-order valence-corrected chi connectivity index (χ4v) is 2.51. The van der Waals surface area contributed by atoms with Crippen molar-refractivity contribution in [1.82, 2.24) is 10.3 Å². The van der Waals surface area contributed by atoms with Crippen molar-refractivity contribution in [1.29, 1.82) is 0 Å². The lowest BCUT2D eigenvalue weighted by Gasteiger charge is -2.17. The number of methoxy groups -OCH3 is 1. The van der Waals surface area contributed by atoms with E-state index in [9.17, 15) is 4.79 Å². The number of ether oxygens (including phenoxy) is 1. The van der Waals surface area contributed by atoms with Crippen molar-refractivity contribution in [2.45, 2.75) is 26.2 Å². The van der Waals surface area contributed by atoms with Gasteiger partial charge in [-0.25, -0.2) is 4.98 Å². The molecule has 2 aromatic rings. The molecule has 0 unspecified atom stereocenters. The van der Waals surface area contributed by atoms with Gasteiger partial charge in [-0.15, -0.1) is 0 Å². The summed E-state index contributed by atoms with van der Waals surface area (Å²) in [5, 5.41) is 2.93. The Kier molecular flexibility index (Phi) is 7.26. The minimum absolute atomic E-state index is 0.0989. The van der Waals surface area contributed by atoms with Crippen LogP contribution in [0, 0.1) is 0 Å². The monoisotopic (exact) mass is 341 g/mol. The van der Waals surface area contributed by atoms with Gasteiger partial charge in [-0.1, -0.05) is 25.5 Å². The Morgan fingerprint density at radius 3 is 2.80 bits per heavy atom. The molecular weight excluding hydrogens is 314 g/mol. The van der Waals surface area contributed by atoms with Crippen molar-refractivity contribution in [3.63, 3.8) is 0 Å². The first kappa shape index (κ1) is 18.8. The maximum absolute atomic E-state index is 12.2. The first-order valence-corrected chi connectivity index (χ1v) is 8.72. The standard InChI is InChI=1S/C20H27N3O2/c1-4-5-13-23(2)19-10-9-17(15-22-19)20(24)21-12-11-16-7-6-8-18(14-16)25-3/h6-10,14-15H,4-5,11-13H2,1-3H3,(H,21,24). The van der Waals surface area contributed by atoms with Gasteiger partial charge >= 0.3 is 0 Å². The van der Waals surface area contributed by atoms with Crippen LogP contribution in [-0.2, 0) is 6.42 Å². The van der Waals surface area contributed by atoms with Crippen LogP contribution < -0.4 is 15.0 Å². The van der Waals surface area contributed by atoms with E-state index in [-0.39, 0.29) is 5.91 Å². The fourth-order valence-electron chi connectivity index (χ4n) is 2.51. The molecule has 1 heterocycles. The van der Waals surface area contributed by atoms with Crippen LogP contribution in [0.1, 0.15) is 35.7 Å². The van der Waals surface area contributed by atoms with E-state index in [2.05, 4.69) is 22.1 Å². The van der Waals surface area contributed by atoms with Crippen LogP contribution in [0.2, 0.25) is 0 Å². The van der Waals surface area contributed by atoms with Crippen LogP contribution in [0.5, 0.6) is 5.75 Å². The van der Waals surface area contributed by atoms with Gasteiger partial charge in [0.1, 0.15) is 11.6 Å². The van der Waals surface area contributed by atoms with Crippen LogP contribution in [0.3, 0.4) is 0 Å². The van der Waals surface area contributed by atoms with Crippen molar-refractivity contribution in [2.75, 3.05) is 32.1 Å². The Morgan fingerprint density at radius 2 is 2.12 bits per heavy atom. The lowest BCUT2D eigenvalue weighted by Crippen LogP contribution is -2.26. The summed E-state index contributed by atoms with van der Waals surface area (Å²) in [6.45, 7) is 3.71. The van der Waals surface area contributed by atoms with E-state index in [0.29, 0.717) is 12.1 Å². The Bertz CT molecular complexity index is 671. The highest BCUT2D eigenvalue weighted by Gasteiger charge is 2.07. The van der Waals surface area contributed by atoms with Crippen LogP contribution in [-0.4, -0.2) is 38.1 Å². The maximum Gasteiger partial charge on any atom is 0.252 e. The number of nitrogens with zero attached hydrogens (tertiary/aromatic N) is 2. The summed E-state index contributed by atoms with van der Waals surface area (Å²) in [4.78, 5) is 18.7. The minimum Gasteiger partial charge on any atom is -0.497 e. The van der Waals surface area contributed by atoms with Gasteiger partial charge in [-0.05, 0) is 42.7 Å². The molecule has 134 valence electrons. The van der Waals surface area contributed by atoms with Crippen LogP contribution in [0.25, 0.3) is 0 Å². The van der Waals surface area contributed by atoms with Crippen LogP contribution in [0.15, 0.2) is 42.6 Å². The summed E-state index contributed by atoms with van der Waals surface area (Å²) >= 11 is 0. The predicted octanol–water partition coefficient (Wildman–Crippen LogP) is 3.30. The van der Waals surface area contributed by atoms with E-state index in [1.54, 1.807) is 13.3 Å². The summed E-state index contributed by atoms with van der Waals surface area (Å²) < 4.78 is 5.21. The molecule has 0 aliphatic heterocycles. The molecule has 1 aromatic heterocycles. The largest absolute Gasteiger partial charge is 0.497 e. The number of aromatic nitrogens is 1. The van der Waals surface area contributed by atoms with Crippen molar-refractivity contribution in [2.24, 2.45) is 0 Å². The van der Waals surface area contributed by atoms with Gasteiger partial charge in [-0.3, -0.25) is 4.79 Å². The number of benzene rings is 1. The van der Waals surface area contributed by atoms with E-state index in [1.807, 2.05) is 43.4 Å². The smallest absolute Gasteiger partial charge is 0.252 e. The Morgan fingerprint density at radius 1 is 1.28 bits per heavy atom. The molecule has 0 atom stereocenters. The molecule has 0 aliphatic carbocycles. The molecule has 0 saturated carbocycles. The molecule has 5 nitrogen and oxygen atoms in total. The van der Waals surface area contributed by atoms with E-state index in [0.717, 1.165) is 42.9 Å². The maximum atomic E-state index is 12.2. The number of anilines is 1. The molecule has 25 heavy (non-hydrogen) atoms. The molecule has 0 saturated heterocycles. The molecule has 5 heteroatoms. The second kappa shape index (κ2) is 9.67. The highest BCUT2D eigenvalue weighted by molar-refractivity contribution is 5.94. The number of unbranched alkanes of at least 4 members (excludes halogenated alkanes) is 1. The Hall–Kier alpha value is -2.56. The average Bonchev–Trinajstić information content (AvgIpc) is 2.66. The normalized spacial score (nSPS) is 10.4. The van der Waals surface area contributed by atoms with Gasteiger partial charge in [0.25, 0.3) is 5.91 Å². The number of pyridine rings is 1.